The van der Waals surface area contributed by atoms with Crippen LogP contribution in [0.4, 0.5) is 0 Å². The average Bonchev–Trinajstić information content (AvgIpc) is 2.32. The summed E-state index contributed by atoms with van der Waals surface area (Å²) in [6.45, 7) is 10.2. The topological polar surface area (TPSA) is 50.7 Å². The van der Waals surface area contributed by atoms with Crippen molar-refractivity contribution in [3.8, 4) is 5.75 Å². The molecule has 0 saturated heterocycles. The Bertz CT molecular complexity index is 401. The number of ether oxygens (including phenoxy) is 2. The summed E-state index contributed by atoms with van der Waals surface area (Å²) < 4.78 is 10.7. The maximum Gasteiger partial charge on any atom is 0.125 e. The summed E-state index contributed by atoms with van der Waals surface area (Å²) in [5.41, 5.74) is 2.60. The monoisotopic (exact) mass is 281 g/mol. The summed E-state index contributed by atoms with van der Waals surface area (Å²) in [4.78, 5) is 0. The molecular formula is C16H27NO3. The Labute approximate surface area is 122 Å². The lowest BCUT2D eigenvalue weighted by molar-refractivity contribution is 0.0280. The van der Waals surface area contributed by atoms with Gasteiger partial charge in [-0.05, 0) is 44.4 Å². The third-order valence-corrected chi connectivity index (χ3v) is 2.90. The predicted molar refractivity (Wildman–Crippen MR) is 81.3 cm³/mol. The second-order valence-electron chi connectivity index (χ2n) is 5.83. The summed E-state index contributed by atoms with van der Waals surface area (Å²) in [6.07, 6.45) is 0. The number of hydrogen-bond acceptors (Lipinski definition) is 4. The van der Waals surface area contributed by atoms with Gasteiger partial charge in [0.25, 0.3) is 0 Å². The molecule has 20 heavy (non-hydrogen) atoms. The summed E-state index contributed by atoms with van der Waals surface area (Å²) in [5, 5.41) is 13.1. The Kier molecular flexibility index (Phi) is 6.46. The van der Waals surface area contributed by atoms with Gasteiger partial charge in [0.1, 0.15) is 12.4 Å². The van der Waals surface area contributed by atoms with Gasteiger partial charge in [-0.15, -0.1) is 0 Å². The van der Waals surface area contributed by atoms with Crippen LogP contribution in [-0.2, 0) is 11.3 Å². The lowest BCUT2D eigenvalue weighted by atomic mass is 10.1. The second-order valence-corrected chi connectivity index (χ2v) is 5.83. The third-order valence-electron chi connectivity index (χ3n) is 2.90. The van der Waals surface area contributed by atoms with Crippen molar-refractivity contribution in [2.24, 2.45) is 0 Å². The first-order valence-electron chi connectivity index (χ1n) is 6.98. The zero-order valence-corrected chi connectivity index (χ0v) is 13.2. The smallest absolute Gasteiger partial charge is 0.125 e. The maximum absolute atomic E-state index is 9.74. The summed E-state index contributed by atoms with van der Waals surface area (Å²) in [6, 6.07) is 4.24. The van der Waals surface area contributed by atoms with Gasteiger partial charge < -0.3 is 19.9 Å². The van der Waals surface area contributed by atoms with E-state index < -0.39 is 5.60 Å². The van der Waals surface area contributed by atoms with Crippen LogP contribution in [0.15, 0.2) is 12.1 Å². The van der Waals surface area contributed by atoms with E-state index in [9.17, 15) is 5.11 Å². The van der Waals surface area contributed by atoms with Crippen molar-refractivity contribution >= 4 is 0 Å². The van der Waals surface area contributed by atoms with Gasteiger partial charge in [-0.1, -0.05) is 12.1 Å². The Hall–Kier alpha value is -1.10. The van der Waals surface area contributed by atoms with E-state index >= 15 is 0 Å². The number of rotatable bonds is 8. The van der Waals surface area contributed by atoms with Crippen molar-refractivity contribution in [3.63, 3.8) is 0 Å². The molecule has 0 aliphatic heterocycles. The van der Waals surface area contributed by atoms with Gasteiger partial charge in [0.15, 0.2) is 0 Å². The van der Waals surface area contributed by atoms with Crippen molar-refractivity contribution in [1.29, 1.82) is 0 Å². The lowest BCUT2D eigenvalue weighted by Crippen LogP contribution is -2.28. The summed E-state index contributed by atoms with van der Waals surface area (Å²) >= 11 is 0. The summed E-state index contributed by atoms with van der Waals surface area (Å²) in [5.74, 6) is 0.868. The molecule has 4 heteroatoms. The molecule has 0 bridgehead atoms. The van der Waals surface area contributed by atoms with Crippen molar-refractivity contribution in [2.45, 2.75) is 39.8 Å². The largest absolute Gasteiger partial charge is 0.490 e. The molecule has 1 rings (SSSR count). The minimum absolute atomic E-state index is 0.292. The van der Waals surface area contributed by atoms with Crippen LogP contribution in [0, 0.1) is 13.8 Å². The van der Waals surface area contributed by atoms with Crippen LogP contribution >= 0.6 is 0 Å². The van der Waals surface area contributed by atoms with E-state index in [1.807, 2.05) is 13.8 Å². The van der Waals surface area contributed by atoms with Gasteiger partial charge in [-0.2, -0.15) is 0 Å². The van der Waals surface area contributed by atoms with Crippen molar-refractivity contribution in [2.75, 3.05) is 26.9 Å². The number of aliphatic hydroxyl groups is 1. The molecule has 0 fully saturated rings. The molecule has 0 radical (unpaired) electrons. The second kappa shape index (κ2) is 7.62. The lowest BCUT2D eigenvalue weighted by Gasteiger charge is -2.20. The molecule has 0 heterocycles. The molecular weight excluding hydrogens is 254 g/mol. The van der Waals surface area contributed by atoms with Crippen LogP contribution in [0.5, 0.6) is 5.75 Å². The van der Waals surface area contributed by atoms with E-state index in [4.69, 9.17) is 9.47 Å². The maximum atomic E-state index is 9.74. The highest BCUT2D eigenvalue weighted by Crippen LogP contribution is 2.25. The average molecular weight is 281 g/mol. The van der Waals surface area contributed by atoms with Gasteiger partial charge in [0.05, 0.1) is 12.2 Å². The minimum Gasteiger partial charge on any atom is -0.490 e. The molecule has 1 aromatic rings. The van der Waals surface area contributed by atoms with E-state index in [1.54, 1.807) is 21.0 Å². The Morgan fingerprint density at radius 3 is 2.30 bits per heavy atom. The molecule has 0 atom stereocenters. The van der Waals surface area contributed by atoms with Crippen molar-refractivity contribution in [1.82, 2.24) is 5.32 Å². The fraction of sp³-hybridized carbons (Fsp3) is 0.625. The fourth-order valence-corrected chi connectivity index (χ4v) is 2.03. The molecule has 0 aromatic heterocycles. The molecule has 0 spiro atoms. The van der Waals surface area contributed by atoms with Crippen molar-refractivity contribution < 1.29 is 14.6 Å². The van der Waals surface area contributed by atoms with Gasteiger partial charge in [0, 0.05) is 20.2 Å². The number of methoxy groups -OCH3 is 1. The highest BCUT2D eigenvalue weighted by molar-refractivity contribution is 5.43. The zero-order valence-electron chi connectivity index (χ0n) is 13.2. The van der Waals surface area contributed by atoms with Crippen LogP contribution in [0.3, 0.4) is 0 Å². The third kappa shape index (κ3) is 5.90. The Morgan fingerprint density at radius 2 is 1.80 bits per heavy atom. The molecule has 1 aromatic carbocycles. The van der Waals surface area contributed by atoms with Crippen LogP contribution in [0.25, 0.3) is 0 Å². The van der Waals surface area contributed by atoms with Gasteiger partial charge in [-0.25, -0.2) is 0 Å². The fourth-order valence-electron chi connectivity index (χ4n) is 2.03. The van der Waals surface area contributed by atoms with Gasteiger partial charge >= 0.3 is 0 Å². The zero-order chi connectivity index (χ0) is 15.2. The van der Waals surface area contributed by atoms with Crippen molar-refractivity contribution in [3.05, 3.63) is 28.8 Å². The van der Waals surface area contributed by atoms with Crippen LogP contribution < -0.4 is 10.1 Å². The normalized spacial score (nSPS) is 11.7. The Morgan fingerprint density at radius 1 is 1.20 bits per heavy atom. The van der Waals surface area contributed by atoms with E-state index in [0.29, 0.717) is 13.2 Å². The van der Waals surface area contributed by atoms with E-state index in [0.717, 1.165) is 30.0 Å². The molecule has 0 saturated carbocycles. The first-order valence-corrected chi connectivity index (χ1v) is 6.98. The SMILES string of the molecule is COCCNCc1cc(C)c(OCC(C)(C)O)c(C)c1. The first-order chi connectivity index (χ1) is 9.33. The molecule has 0 aliphatic rings. The number of benzene rings is 1. The molecule has 0 aliphatic carbocycles. The molecule has 4 nitrogen and oxygen atoms in total. The van der Waals surface area contributed by atoms with E-state index in [1.165, 1.54) is 5.56 Å². The van der Waals surface area contributed by atoms with Crippen LogP contribution in [-0.4, -0.2) is 37.6 Å². The molecule has 0 unspecified atom stereocenters. The first kappa shape index (κ1) is 17.0. The quantitative estimate of drug-likeness (QED) is 0.717. The number of aryl methyl sites for hydroxylation is 2. The van der Waals surface area contributed by atoms with E-state index in [2.05, 4.69) is 17.4 Å². The number of nitrogens with one attached hydrogen (secondary N) is 1. The molecule has 2 N–H and O–H groups in total. The highest BCUT2D eigenvalue weighted by atomic mass is 16.5. The van der Waals surface area contributed by atoms with Gasteiger partial charge in [0.2, 0.25) is 0 Å². The highest BCUT2D eigenvalue weighted by Gasteiger charge is 2.15. The van der Waals surface area contributed by atoms with Crippen LogP contribution in [0.1, 0.15) is 30.5 Å². The molecule has 114 valence electrons. The Balaban J connectivity index is 2.66. The van der Waals surface area contributed by atoms with Crippen LogP contribution in [0.2, 0.25) is 0 Å². The predicted octanol–water partition coefficient (Wildman–Crippen LogP) is 2.19. The molecule has 0 amide bonds. The standard InChI is InChI=1S/C16H27NO3/c1-12-8-14(10-17-6-7-19-5)9-13(2)15(12)20-11-16(3,4)18/h8-9,17-18H,6-7,10-11H2,1-5H3. The minimum atomic E-state index is -0.820. The van der Waals surface area contributed by atoms with E-state index in [-0.39, 0.29) is 0 Å². The van der Waals surface area contributed by atoms with Gasteiger partial charge in [-0.3, -0.25) is 0 Å². The number of hydrogen-bond donors (Lipinski definition) is 2. The summed E-state index contributed by atoms with van der Waals surface area (Å²) in [7, 11) is 1.70.